The Balaban J connectivity index is 1.94. The topological polar surface area (TPSA) is 30.9 Å². The third-order valence-electron chi connectivity index (χ3n) is 4.34. The van der Waals surface area contributed by atoms with E-state index in [9.17, 15) is 0 Å². The van der Waals surface area contributed by atoms with E-state index in [1.807, 2.05) is 60.7 Å². The average molecular weight is 377 g/mol. The number of nitrogens with zero attached hydrogens (tertiary/aromatic N) is 1. The third kappa shape index (κ3) is 4.77. The highest BCUT2D eigenvalue weighted by Gasteiger charge is 2.13. The van der Waals surface area contributed by atoms with Crippen LogP contribution < -0.4 is 19.1 Å². The smallest absolute Gasteiger partial charge is 0.119 e. The van der Waals surface area contributed by atoms with Crippen molar-refractivity contribution in [2.45, 2.75) is 13.8 Å². The predicted molar refractivity (Wildman–Crippen MR) is 115 cm³/mol. The van der Waals surface area contributed by atoms with Crippen LogP contribution in [0.2, 0.25) is 0 Å². The Morgan fingerprint density at radius 3 is 1.29 bits per heavy atom. The Morgan fingerprint density at radius 1 is 0.607 bits per heavy atom. The van der Waals surface area contributed by atoms with Crippen molar-refractivity contribution < 1.29 is 14.2 Å². The summed E-state index contributed by atoms with van der Waals surface area (Å²) in [5.74, 6) is 3.03. The second-order valence-electron chi connectivity index (χ2n) is 6.93. The van der Waals surface area contributed by atoms with Crippen LogP contribution in [0.15, 0.2) is 72.8 Å². The van der Waals surface area contributed by atoms with Gasteiger partial charge in [0, 0.05) is 17.1 Å². The number of benzene rings is 3. The lowest BCUT2D eigenvalue weighted by Gasteiger charge is -2.26. The first-order chi connectivity index (χ1) is 13.6. The first-order valence-corrected chi connectivity index (χ1v) is 9.42. The van der Waals surface area contributed by atoms with Gasteiger partial charge in [-0.25, -0.2) is 0 Å². The molecule has 3 aromatic carbocycles. The van der Waals surface area contributed by atoms with Gasteiger partial charge in [-0.3, -0.25) is 0 Å². The predicted octanol–water partition coefficient (Wildman–Crippen LogP) is 6.21. The van der Waals surface area contributed by atoms with Crippen molar-refractivity contribution in [1.82, 2.24) is 0 Å². The van der Waals surface area contributed by atoms with Crippen molar-refractivity contribution in [2.24, 2.45) is 5.92 Å². The number of methoxy groups -OCH3 is 2. The molecule has 0 aromatic heterocycles. The minimum Gasteiger partial charge on any atom is -0.497 e. The lowest BCUT2D eigenvalue weighted by Crippen LogP contribution is -2.10. The van der Waals surface area contributed by atoms with E-state index in [4.69, 9.17) is 14.2 Å². The molecule has 0 N–H and O–H groups in total. The summed E-state index contributed by atoms with van der Waals surface area (Å²) in [5, 5.41) is 0. The second-order valence-corrected chi connectivity index (χ2v) is 6.93. The molecule has 146 valence electrons. The van der Waals surface area contributed by atoms with E-state index in [1.54, 1.807) is 14.2 Å². The molecule has 0 amide bonds. The molecule has 0 unspecified atom stereocenters. The zero-order chi connectivity index (χ0) is 19.9. The first-order valence-electron chi connectivity index (χ1n) is 9.42. The van der Waals surface area contributed by atoms with E-state index in [-0.39, 0.29) is 0 Å². The van der Waals surface area contributed by atoms with Crippen LogP contribution in [0.4, 0.5) is 17.1 Å². The molecule has 0 aliphatic rings. The van der Waals surface area contributed by atoms with Gasteiger partial charge in [0.05, 0.1) is 20.8 Å². The maximum absolute atomic E-state index is 5.82. The van der Waals surface area contributed by atoms with Crippen LogP contribution in [-0.2, 0) is 0 Å². The molecular weight excluding hydrogens is 350 g/mol. The SMILES string of the molecule is COc1ccc(N(c2ccc(OC)cc2)c2ccc(OCC(C)C)cc2)cc1. The van der Waals surface area contributed by atoms with E-state index in [0.29, 0.717) is 12.5 Å². The fraction of sp³-hybridized carbons (Fsp3) is 0.250. The molecule has 0 spiro atoms. The molecular formula is C24H27NO3. The van der Waals surface area contributed by atoms with Crippen LogP contribution in [0.3, 0.4) is 0 Å². The summed E-state index contributed by atoms with van der Waals surface area (Å²) in [5.41, 5.74) is 3.14. The van der Waals surface area contributed by atoms with Crippen LogP contribution >= 0.6 is 0 Å². The summed E-state index contributed by atoms with van der Waals surface area (Å²) in [6.07, 6.45) is 0. The normalized spacial score (nSPS) is 10.6. The van der Waals surface area contributed by atoms with E-state index >= 15 is 0 Å². The van der Waals surface area contributed by atoms with Crippen LogP contribution in [0.25, 0.3) is 0 Å². The van der Waals surface area contributed by atoms with Crippen molar-refractivity contribution in [1.29, 1.82) is 0 Å². The lowest BCUT2D eigenvalue weighted by atomic mass is 10.2. The summed E-state index contributed by atoms with van der Waals surface area (Å²) in [6.45, 7) is 4.99. The number of rotatable bonds is 8. The molecule has 0 saturated carbocycles. The first kappa shape index (κ1) is 19.6. The number of hydrogen-bond donors (Lipinski definition) is 0. The largest absolute Gasteiger partial charge is 0.497 e. The molecule has 0 radical (unpaired) electrons. The highest BCUT2D eigenvalue weighted by Crippen LogP contribution is 2.36. The zero-order valence-electron chi connectivity index (χ0n) is 16.9. The maximum Gasteiger partial charge on any atom is 0.119 e. The molecule has 3 rings (SSSR count). The van der Waals surface area contributed by atoms with Gasteiger partial charge in [0.25, 0.3) is 0 Å². The lowest BCUT2D eigenvalue weighted by molar-refractivity contribution is 0.271. The number of hydrogen-bond acceptors (Lipinski definition) is 4. The minimum atomic E-state index is 0.495. The second kappa shape index (κ2) is 9.18. The van der Waals surface area contributed by atoms with Gasteiger partial charge >= 0.3 is 0 Å². The molecule has 0 aliphatic heterocycles. The molecule has 0 atom stereocenters. The van der Waals surface area contributed by atoms with Gasteiger partial charge in [-0.15, -0.1) is 0 Å². The molecule has 0 aliphatic carbocycles. The minimum absolute atomic E-state index is 0.495. The van der Waals surface area contributed by atoms with E-state index in [1.165, 1.54) is 0 Å². The summed E-state index contributed by atoms with van der Waals surface area (Å²) in [6, 6.07) is 24.2. The monoisotopic (exact) mass is 377 g/mol. The van der Waals surface area contributed by atoms with Crippen molar-refractivity contribution >= 4 is 17.1 Å². The van der Waals surface area contributed by atoms with Crippen LogP contribution in [-0.4, -0.2) is 20.8 Å². The maximum atomic E-state index is 5.82. The zero-order valence-corrected chi connectivity index (χ0v) is 16.9. The molecule has 0 bridgehead atoms. The van der Waals surface area contributed by atoms with E-state index in [2.05, 4.69) is 30.9 Å². The van der Waals surface area contributed by atoms with Gasteiger partial charge in [-0.05, 0) is 78.7 Å². The Bertz CT molecular complexity index is 808. The highest BCUT2D eigenvalue weighted by atomic mass is 16.5. The quantitative estimate of drug-likeness (QED) is 0.467. The Kier molecular flexibility index (Phi) is 6.43. The number of ether oxygens (including phenoxy) is 3. The summed E-state index contributed by atoms with van der Waals surface area (Å²) in [7, 11) is 3.35. The van der Waals surface area contributed by atoms with Crippen LogP contribution in [0.1, 0.15) is 13.8 Å². The molecule has 3 aromatic rings. The van der Waals surface area contributed by atoms with Gasteiger partial charge < -0.3 is 19.1 Å². The third-order valence-corrected chi connectivity index (χ3v) is 4.34. The highest BCUT2D eigenvalue weighted by molar-refractivity contribution is 5.77. The van der Waals surface area contributed by atoms with Crippen LogP contribution in [0.5, 0.6) is 17.2 Å². The van der Waals surface area contributed by atoms with Gasteiger partial charge in [0.2, 0.25) is 0 Å². The summed E-state index contributed by atoms with van der Waals surface area (Å²) in [4.78, 5) is 2.19. The fourth-order valence-corrected chi connectivity index (χ4v) is 2.86. The van der Waals surface area contributed by atoms with Crippen molar-refractivity contribution in [3.8, 4) is 17.2 Å². The van der Waals surface area contributed by atoms with Crippen molar-refractivity contribution in [3.05, 3.63) is 72.8 Å². The summed E-state index contributed by atoms with van der Waals surface area (Å²) < 4.78 is 16.4. The molecule has 4 nitrogen and oxygen atoms in total. The molecule has 4 heteroatoms. The Hall–Kier alpha value is -3.14. The van der Waals surface area contributed by atoms with Gasteiger partial charge in [-0.1, -0.05) is 13.8 Å². The van der Waals surface area contributed by atoms with Gasteiger partial charge in [-0.2, -0.15) is 0 Å². The van der Waals surface area contributed by atoms with Gasteiger partial charge in [0.15, 0.2) is 0 Å². The van der Waals surface area contributed by atoms with Gasteiger partial charge in [0.1, 0.15) is 17.2 Å². The fourth-order valence-electron chi connectivity index (χ4n) is 2.86. The Labute approximate surface area is 167 Å². The van der Waals surface area contributed by atoms with Crippen molar-refractivity contribution in [3.63, 3.8) is 0 Å². The molecule has 28 heavy (non-hydrogen) atoms. The van der Waals surface area contributed by atoms with E-state index < -0.39 is 0 Å². The summed E-state index contributed by atoms with van der Waals surface area (Å²) >= 11 is 0. The Morgan fingerprint density at radius 2 is 0.964 bits per heavy atom. The number of anilines is 3. The van der Waals surface area contributed by atoms with Crippen LogP contribution in [0, 0.1) is 5.92 Å². The average Bonchev–Trinajstić information content (AvgIpc) is 2.74. The van der Waals surface area contributed by atoms with Crippen molar-refractivity contribution in [2.75, 3.05) is 25.7 Å². The standard InChI is InChI=1S/C24H27NO3/c1-18(2)17-28-24-15-9-21(10-16-24)25(19-5-11-22(26-3)12-6-19)20-7-13-23(27-4)14-8-20/h5-16,18H,17H2,1-4H3. The molecule has 0 fully saturated rings. The molecule has 0 saturated heterocycles. The van der Waals surface area contributed by atoms with E-state index in [0.717, 1.165) is 34.3 Å². The molecule has 0 heterocycles.